The van der Waals surface area contributed by atoms with Gasteiger partial charge in [0.05, 0.1) is 25.8 Å². The molecule has 30 heavy (non-hydrogen) atoms. The molecule has 0 aromatic heterocycles. The molecule has 0 unspecified atom stereocenters. The van der Waals surface area contributed by atoms with Crippen molar-refractivity contribution in [2.75, 3.05) is 39.4 Å². The van der Waals surface area contributed by atoms with Gasteiger partial charge in [-0.3, -0.25) is 14.5 Å². The Balaban J connectivity index is 1.50. The van der Waals surface area contributed by atoms with Crippen molar-refractivity contribution in [3.05, 3.63) is 77.6 Å². The fourth-order valence-corrected chi connectivity index (χ4v) is 3.27. The van der Waals surface area contributed by atoms with Crippen molar-refractivity contribution in [1.29, 1.82) is 0 Å². The van der Waals surface area contributed by atoms with Gasteiger partial charge in [0.25, 0.3) is 0 Å². The van der Waals surface area contributed by atoms with Gasteiger partial charge in [0.15, 0.2) is 0 Å². The zero-order valence-electron chi connectivity index (χ0n) is 16.7. The molecule has 3 rings (SSSR count). The van der Waals surface area contributed by atoms with Crippen LogP contribution >= 0.6 is 0 Å². The summed E-state index contributed by atoms with van der Waals surface area (Å²) < 4.78 is 18.7. The second-order valence-corrected chi connectivity index (χ2v) is 6.98. The smallest absolute Gasteiger partial charge is 0.244 e. The molecule has 6 nitrogen and oxygen atoms in total. The molecular weight excluding hydrogens is 385 g/mol. The van der Waals surface area contributed by atoms with Gasteiger partial charge in [-0.05, 0) is 29.3 Å². The van der Waals surface area contributed by atoms with E-state index in [0.717, 1.165) is 24.2 Å². The van der Waals surface area contributed by atoms with Crippen LogP contribution in [0.1, 0.15) is 17.2 Å². The van der Waals surface area contributed by atoms with Gasteiger partial charge in [0.2, 0.25) is 11.8 Å². The van der Waals surface area contributed by atoms with Crippen LogP contribution in [0.3, 0.4) is 0 Å². The number of hydrogen-bond donors (Lipinski definition) is 2. The number of ether oxygens (including phenoxy) is 1. The molecule has 1 aliphatic rings. The minimum Gasteiger partial charge on any atom is -0.379 e. The Labute approximate surface area is 175 Å². The number of benzene rings is 2. The molecule has 158 valence electrons. The van der Waals surface area contributed by atoms with Crippen molar-refractivity contribution in [1.82, 2.24) is 15.5 Å². The molecule has 0 saturated carbocycles. The summed E-state index contributed by atoms with van der Waals surface area (Å²) in [6, 6.07) is 15.7. The summed E-state index contributed by atoms with van der Waals surface area (Å²) in [6.07, 6.45) is 3.09. The number of carbonyl (C=O) groups excluding carboxylic acids is 2. The molecule has 1 saturated heterocycles. The van der Waals surface area contributed by atoms with Crippen LogP contribution in [0.2, 0.25) is 0 Å². The third-order valence-electron chi connectivity index (χ3n) is 4.88. The molecule has 2 aromatic carbocycles. The van der Waals surface area contributed by atoms with E-state index in [1.807, 2.05) is 30.3 Å². The maximum Gasteiger partial charge on any atom is 0.244 e. The Kier molecular flexibility index (Phi) is 8.11. The maximum atomic E-state index is 13.3. The lowest BCUT2D eigenvalue weighted by Crippen LogP contribution is -2.45. The Morgan fingerprint density at radius 3 is 2.43 bits per heavy atom. The highest BCUT2D eigenvalue weighted by molar-refractivity contribution is 5.94. The highest BCUT2D eigenvalue weighted by atomic mass is 19.1. The van der Waals surface area contributed by atoms with E-state index < -0.39 is 0 Å². The van der Waals surface area contributed by atoms with Crippen molar-refractivity contribution in [3.8, 4) is 0 Å². The number of nitrogens with zero attached hydrogens (tertiary/aromatic N) is 1. The monoisotopic (exact) mass is 411 g/mol. The first-order valence-corrected chi connectivity index (χ1v) is 9.97. The van der Waals surface area contributed by atoms with Crippen molar-refractivity contribution in [2.45, 2.75) is 6.04 Å². The van der Waals surface area contributed by atoms with Crippen LogP contribution in [0, 0.1) is 5.82 Å². The summed E-state index contributed by atoms with van der Waals surface area (Å²) in [5.41, 5.74) is 1.83. The van der Waals surface area contributed by atoms with Crippen LogP contribution in [-0.2, 0) is 14.3 Å². The number of hydrogen-bond acceptors (Lipinski definition) is 4. The minimum atomic E-state index is -0.336. The summed E-state index contributed by atoms with van der Waals surface area (Å²) in [4.78, 5) is 26.4. The third kappa shape index (κ3) is 6.79. The van der Waals surface area contributed by atoms with Crippen LogP contribution in [0.5, 0.6) is 0 Å². The minimum absolute atomic E-state index is 0.0906. The first-order chi connectivity index (χ1) is 14.6. The lowest BCUT2D eigenvalue weighted by atomic mass is 10.0. The molecule has 0 spiro atoms. The van der Waals surface area contributed by atoms with Gasteiger partial charge >= 0.3 is 0 Å². The number of amides is 2. The molecule has 1 atom stereocenters. The number of nitrogens with one attached hydrogen (secondary N) is 2. The zero-order valence-corrected chi connectivity index (χ0v) is 16.7. The van der Waals surface area contributed by atoms with Gasteiger partial charge in [0, 0.05) is 25.7 Å². The van der Waals surface area contributed by atoms with E-state index >= 15 is 0 Å². The normalized spacial score (nSPS) is 15.6. The Morgan fingerprint density at radius 1 is 1.03 bits per heavy atom. The first-order valence-electron chi connectivity index (χ1n) is 9.97. The van der Waals surface area contributed by atoms with E-state index in [9.17, 15) is 14.0 Å². The average Bonchev–Trinajstić information content (AvgIpc) is 2.79. The molecule has 2 amide bonds. The second-order valence-electron chi connectivity index (χ2n) is 6.98. The van der Waals surface area contributed by atoms with Gasteiger partial charge in [-0.1, -0.05) is 42.5 Å². The number of halogens is 1. The largest absolute Gasteiger partial charge is 0.379 e. The van der Waals surface area contributed by atoms with Crippen LogP contribution < -0.4 is 10.6 Å². The Morgan fingerprint density at radius 2 is 1.73 bits per heavy atom. The Hall–Kier alpha value is -3.03. The molecule has 1 heterocycles. The lowest BCUT2D eigenvalue weighted by molar-refractivity contribution is -0.124. The van der Waals surface area contributed by atoms with Gasteiger partial charge in [-0.2, -0.15) is 0 Å². The SMILES string of the molecule is O=C(/C=C/c1ccccc1)NCC(=O)NC[C@@H](c1ccc(F)cc1)N1CCOCC1. The van der Waals surface area contributed by atoms with Crippen LogP contribution in [0.25, 0.3) is 6.08 Å². The molecule has 0 aliphatic carbocycles. The Bertz CT molecular complexity index is 850. The number of carbonyl (C=O) groups is 2. The average molecular weight is 411 g/mol. The molecule has 1 aliphatic heterocycles. The van der Waals surface area contributed by atoms with Crippen LogP contribution in [0.15, 0.2) is 60.7 Å². The summed E-state index contributed by atoms with van der Waals surface area (Å²) >= 11 is 0. The fourth-order valence-electron chi connectivity index (χ4n) is 3.27. The standard InChI is InChI=1S/C23H26FN3O3/c24-20-9-7-19(8-10-20)21(27-12-14-30-15-13-27)16-25-23(29)17-26-22(28)11-6-18-4-2-1-3-5-18/h1-11,21H,12-17H2,(H,25,29)(H,26,28)/b11-6+/t21-/m0/s1. The van der Waals surface area contributed by atoms with Crippen molar-refractivity contribution < 1.29 is 18.7 Å². The maximum absolute atomic E-state index is 13.3. The predicted molar refractivity (Wildman–Crippen MR) is 113 cm³/mol. The molecule has 7 heteroatoms. The van der Waals surface area contributed by atoms with E-state index in [0.29, 0.717) is 19.8 Å². The number of morpholine rings is 1. The van der Waals surface area contributed by atoms with E-state index in [2.05, 4.69) is 15.5 Å². The quantitative estimate of drug-likeness (QED) is 0.653. The highest BCUT2D eigenvalue weighted by Crippen LogP contribution is 2.21. The van der Waals surface area contributed by atoms with Crippen molar-refractivity contribution in [2.24, 2.45) is 0 Å². The molecular formula is C23H26FN3O3. The van der Waals surface area contributed by atoms with E-state index in [1.165, 1.54) is 18.2 Å². The predicted octanol–water partition coefficient (Wildman–Crippen LogP) is 2.14. The third-order valence-corrected chi connectivity index (χ3v) is 4.88. The van der Waals surface area contributed by atoms with Gasteiger partial charge in [-0.15, -0.1) is 0 Å². The van der Waals surface area contributed by atoms with E-state index in [1.54, 1.807) is 18.2 Å². The first kappa shape index (κ1) is 21.7. The van der Waals surface area contributed by atoms with Gasteiger partial charge in [0.1, 0.15) is 5.82 Å². The van der Waals surface area contributed by atoms with Crippen LogP contribution in [0.4, 0.5) is 4.39 Å². The molecule has 0 bridgehead atoms. The number of rotatable bonds is 8. The molecule has 0 radical (unpaired) electrons. The summed E-state index contributed by atoms with van der Waals surface area (Å²) in [6.45, 7) is 2.96. The molecule has 2 aromatic rings. The molecule has 2 N–H and O–H groups in total. The fraction of sp³-hybridized carbons (Fsp3) is 0.304. The summed E-state index contributed by atoms with van der Waals surface area (Å²) in [7, 11) is 0. The van der Waals surface area contributed by atoms with E-state index in [4.69, 9.17) is 4.74 Å². The van der Waals surface area contributed by atoms with E-state index in [-0.39, 0.29) is 30.2 Å². The summed E-state index contributed by atoms with van der Waals surface area (Å²) in [5, 5.41) is 5.45. The second kappa shape index (κ2) is 11.2. The topological polar surface area (TPSA) is 70.7 Å². The van der Waals surface area contributed by atoms with Gasteiger partial charge < -0.3 is 15.4 Å². The lowest BCUT2D eigenvalue weighted by Gasteiger charge is -2.35. The van der Waals surface area contributed by atoms with Crippen LogP contribution in [-0.4, -0.2) is 56.1 Å². The van der Waals surface area contributed by atoms with Crippen molar-refractivity contribution >= 4 is 17.9 Å². The van der Waals surface area contributed by atoms with Gasteiger partial charge in [-0.25, -0.2) is 4.39 Å². The zero-order chi connectivity index (χ0) is 21.2. The summed E-state index contributed by atoms with van der Waals surface area (Å²) in [5.74, 6) is -0.913. The highest BCUT2D eigenvalue weighted by Gasteiger charge is 2.23. The van der Waals surface area contributed by atoms with Crippen molar-refractivity contribution in [3.63, 3.8) is 0 Å². The molecule has 1 fully saturated rings.